The minimum atomic E-state index is -0.112. The van der Waals surface area contributed by atoms with Crippen LogP contribution in [0.4, 0.5) is 5.82 Å². The van der Waals surface area contributed by atoms with E-state index in [0.717, 1.165) is 28.0 Å². The third kappa shape index (κ3) is 2.98. The van der Waals surface area contributed by atoms with Crippen molar-refractivity contribution in [1.29, 1.82) is 0 Å². The van der Waals surface area contributed by atoms with E-state index in [-0.39, 0.29) is 5.91 Å². The lowest BCUT2D eigenvalue weighted by Crippen LogP contribution is -2.13. The Morgan fingerprint density at radius 3 is 2.82 bits per heavy atom. The van der Waals surface area contributed by atoms with Crippen LogP contribution in [-0.4, -0.2) is 10.9 Å². The summed E-state index contributed by atoms with van der Waals surface area (Å²) < 4.78 is 1.14. The summed E-state index contributed by atoms with van der Waals surface area (Å²) in [7, 11) is 0. The van der Waals surface area contributed by atoms with Crippen LogP contribution in [0, 0.1) is 0 Å². The average molecular weight is 331 g/mol. The van der Waals surface area contributed by atoms with Gasteiger partial charge in [-0.15, -0.1) is 11.3 Å². The second-order valence-corrected chi connectivity index (χ2v) is 6.46. The number of carbonyl (C=O) groups is 1. The predicted octanol–water partition coefficient (Wildman–Crippen LogP) is 5.15. The number of fused-ring (bicyclic) bond motifs is 1. The summed E-state index contributed by atoms with van der Waals surface area (Å²) in [5.41, 5.74) is 1.12. The Labute approximate surface area is 138 Å². The Kier molecular flexibility index (Phi) is 4.41. The number of aryl methyl sites for hydroxylation is 1. The fourth-order valence-electron chi connectivity index (χ4n) is 2.40. The second kappa shape index (κ2) is 6.46. The lowest BCUT2D eigenvalue weighted by molar-refractivity contribution is 0.102. The molecule has 0 aliphatic heterocycles. The number of amides is 1. The third-order valence-electron chi connectivity index (χ3n) is 3.37. The van der Waals surface area contributed by atoms with Crippen molar-refractivity contribution in [2.45, 2.75) is 19.8 Å². The summed E-state index contributed by atoms with van der Waals surface area (Å²) in [6, 6.07) is 11.5. The van der Waals surface area contributed by atoms with Crippen LogP contribution in [0.2, 0.25) is 5.02 Å². The summed E-state index contributed by atoms with van der Waals surface area (Å²) in [4.78, 5) is 17.5. The van der Waals surface area contributed by atoms with Gasteiger partial charge in [0, 0.05) is 10.9 Å². The van der Waals surface area contributed by atoms with Crippen LogP contribution < -0.4 is 5.32 Å². The van der Waals surface area contributed by atoms with Crippen molar-refractivity contribution in [3.05, 3.63) is 58.1 Å². The molecule has 0 fully saturated rings. The van der Waals surface area contributed by atoms with Gasteiger partial charge < -0.3 is 5.32 Å². The smallest absolute Gasteiger partial charge is 0.267 e. The first kappa shape index (κ1) is 15.0. The molecule has 0 aliphatic rings. The van der Waals surface area contributed by atoms with Gasteiger partial charge in [-0.25, -0.2) is 4.98 Å². The van der Waals surface area contributed by atoms with E-state index in [1.807, 2.05) is 12.1 Å². The highest BCUT2D eigenvalue weighted by molar-refractivity contribution is 7.21. The van der Waals surface area contributed by atoms with Crippen molar-refractivity contribution in [3.63, 3.8) is 0 Å². The van der Waals surface area contributed by atoms with Gasteiger partial charge in [0.25, 0.3) is 5.91 Å². The number of carbonyl (C=O) groups excluding carboxylic acids is 1. The van der Waals surface area contributed by atoms with E-state index in [1.54, 1.807) is 12.1 Å². The van der Waals surface area contributed by atoms with Gasteiger partial charge in [0.05, 0.1) is 9.90 Å². The number of hydrogen-bond acceptors (Lipinski definition) is 3. The summed E-state index contributed by atoms with van der Waals surface area (Å²) in [5.74, 6) is 0.397. The van der Waals surface area contributed by atoms with E-state index in [1.165, 1.54) is 22.9 Å². The maximum absolute atomic E-state index is 12.6. The molecule has 1 amide bonds. The van der Waals surface area contributed by atoms with Crippen molar-refractivity contribution >= 4 is 44.7 Å². The monoisotopic (exact) mass is 330 g/mol. The van der Waals surface area contributed by atoms with Crippen molar-refractivity contribution in [1.82, 2.24) is 4.98 Å². The third-order valence-corrected chi connectivity index (χ3v) is 4.81. The first-order valence-electron chi connectivity index (χ1n) is 7.12. The number of rotatable bonds is 4. The van der Waals surface area contributed by atoms with Gasteiger partial charge in [0.15, 0.2) is 0 Å². The van der Waals surface area contributed by atoms with E-state index in [0.29, 0.717) is 10.8 Å². The number of pyridine rings is 1. The Hall–Kier alpha value is -1.91. The molecule has 0 atom stereocenters. The van der Waals surface area contributed by atoms with Gasteiger partial charge in [0.1, 0.15) is 5.82 Å². The molecular formula is C17H15ClN2OS. The fourth-order valence-corrected chi connectivity index (χ4v) is 3.66. The number of anilines is 1. The van der Waals surface area contributed by atoms with E-state index in [4.69, 9.17) is 11.6 Å². The summed E-state index contributed by atoms with van der Waals surface area (Å²) in [6.45, 7) is 2.12. The van der Waals surface area contributed by atoms with Gasteiger partial charge in [0.2, 0.25) is 0 Å². The first-order valence-corrected chi connectivity index (χ1v) is 8.31. The number of thiophene rings is 1. The Morgan fingerprint density at radius 1 is 1.27 bits per heavy atom. The number of halogens is 1. The molecule has 1 N–H and O–H groups in total. The van der Waals surface area contributed by atoms with E-state index < -0.39 is 0 Å². The number of benzene rings is 1. The Bertz CT molecular complexity index is 811. The quantitative estimate of drug-likeness (QED) is 0.718. The van der Waals surface area contributed by atoms with Crippen LogP contribution in [-0.2, 0) is 6.42 Å². The topological polar surface area (TPSA) is 42.0 Å². The molecule has 3 nitrogen and oxygen atoms in total. The molecule has 0 bridgehead atoms. The average Bonchev–Trinajstić information content (AvgIpc) is 2.89. The predicted molar refractivity (Wildman–Crippen MR) is 93.0 cm³/mol. The van der Waals surface area contributed by atoms with Crippen LogP contribution in [0.3, 0.4) is 0 Å². The lowest BCUT2D eigenvalue weighted by Gasteiger charge is -2.05. The van der Waals surface area contributed by atoms with Gasteiger partial charge >= 0.3 is 0 Å². The lowest BCUT2D eigenvalue weighted by atomic mass is 10.1. The zero-order valence-electron chi connectivity index (χ0n) is 12.1. The molecule has 2 aromatic heterocycles. The van der Waals surface area contributed by atoms with Crippen molar-refractivity contribution in [3.8, 4) is 0 Å². The van der Waals surface area contributed by atoms with Crippen LogP contribution in [0.1, 0.15) is 28.6 Å². The van der Waals surface area contributed by atoms with Crippen LogP contribution in [0.5, 0.6) is 0 Å². The molecule has 0 aliphatic carbocycles. The summed E-state index contributed by atoms with van der Waals surface area (Å²) in [6.07, 6.45) is 3.41. The first-order chi connectivity index (χ1) is 10.7. The van der Waals surface area contributed by atoms with E-state index in [9.17, 15) is 4.79 Å². The molecule has 1 aromatic carbocycles. The molecule has 112 valence electrons. The summed E-state index contributed by atoms with van der Waals surface area (Å²) >= 11 is 7.34. The molecule has 22 heavy (non-hydrogen) atoms. The molecule has 0 saturated heterocycles. The van der Waals surface area contributed by atoms with Crippen LogP contribution >= 0.6 is 22.9 Å². The number of hydrogen-bond donors (Lipinski definition) is 1. The fraction of sp³-hybridized carbons (Fsp3) is 0.176. The molecule has 2 heterocycles. The highest BCUT2D eigenvalue weighted by Gasteiger charge is 2.18. The number of nitrogens with one attached hydrogen (secondary N) is 1. The van der Waals surface area contributed by atoms with Gasteiger partial charge in [-0.1, -0.05) is 43.1 Å². The minimum Gasteiger partial charge on any atom is -0.306 e. The van der Waals surface area contributed by atoms with E-state index >= 15 is 0 Å². The van der Waals surface area contributed by atoms with Gasteiger partial charge in [-0.2, -0.15) is 0 Å². The maximum Gasteiger partial charge on any atom is 0.267 e. The Balaban J connectivity index is 1.96. The summed E-state index contributed by atoms with van der Waals surface area (Å²) in [5, 5.41) is 4.56. The SMILES string of the molecule is CCCc1c(C(=O)Nc2ccc(Cl)cn2)sc2ccccc12. The normalized spacial score (nSPS) is 10.8. The molecule has 3 rings (SSSR count). The molecular weight excluding hydrogens is 316 g/mol. The van der Waals surface area contributed by atoms with Crippen molar-refractivity contribution in [2.24, 2.45) is 0 Å². The van der Waals surface area contributed by atoms with Gasteiger partial charge in [-0.3, -0.25) is 4.79 Å². The van der Waals surface area contributed by atoms with Crippen molar-refractivity contribution < 1.29 is 4.79 Å². The van der Waals surface area contributed by atoms with E-state index in [2.05, 4.69) is 29.4 Å². The number of aromatic nitrogens is 1. The van der Waals surface area contributed by atoms with Crippen molar-refractivity contribution in [2.75, 3.05) is 5.32 Å². The molecule has 5 heteroatoms. The van der Waals surface area contributed by atoms with Crippen LogP contribution in [0.25, 0.3) is 10.1 Å². The molecule has 0 radical (unpaired) electrons. The number of nitrogens with zero attached hydrogens (tertiary/aromatic N) is 1. The van der Waals surface area contributed by atoms with Gasteiger partial charge in [-0.05, 0) is 35.6 Å². The molecule has 3 aromatic rings. The zero-order chi connectivity index (χ0) is 15.5. The standard InChI is InChI=1S/C17H15ClN2OS/c1-2-5-13-12-6-3-4-7-14(12)22-16(13)17(21)20-15-9-8-11(18)10-19-15/h3-4,6-10H,2,5H2,1H3,(H,19,20,21). The second-order valence-electron chi connectivity index (χ2n) is 4.97. The highest BCUT2D eigenvalue weighted by atomic mass is 35.5. The zero-order valence-corrected chi connectivity index (χ0v) is 13.7. The maximum atomic E-state index is 12.6. The largest absolute Gasteiger partial charge is 0.306 e. The molecule has 0 unspecified atom stereocenters. The molecule has 0 spiro atoms. The Morgan fingerprint density at radius 2 is 2.09 bits per heavy atom. The molecule has 0 saturated carbocycles. The van der Waals surface area contributed by atoms with Crippen LogP contribution in [0.15, 0.2) is 42.6 Å². The highest BCUT2D eigenvalue weighted by Crippen LogP contribution is 2.32. The minimum absolute atomic E-state index is 0.112.